The van der Waals surface area contributed by atoms with Crippen LogP contribution >= 0.6 is 0 Å². The summed E-state index contributed by atoms with van der Waals surface area (Å²) in [6.07, 6.45) is 0. The predicted octanol–water partition coefficient (Wildman–Crippen LogP) is -1.37. The van der Waals surface area contributed by atoms with Gasteiger partial charge in [-0.25, -0.2) is 4.79 Å². The average Bonchev–Trinajstić information content (AvgIpc) is 2.22. The molecule has 0 bridgehead atoms. The van der Waals surface area contributed by atoms with Crippen molar-refractivity contribution in [2.24, 2.45) is 0 Å². The van der Waals surface area contributed by atoms with Crippen molar-refractivity contribution in [3.63, 3.8) is 0 Å². The highest BCUT2D eigenvalue weighted by molar-refractivity contribution is 6.32. The molecule has 0 atom stereocenters. The van der Waals surface area contributed by atoms with Gasteiger partial charge >= 0.3 is 11.9 Å². The van der Waals surface area contributed by atoms with Crippen LogP contribution in [0.25, 0.3) is 0 Å². The van der Waals surface area contributed by atoms with Crippen LogP contribution in [-0.2, 0) is 19.1 Å². The molecule has 6 nitrogen and oxygen atoms in total. The van der Waals surface area contributed by atoms with Crippen LogP contribution in [0.15, 0.2) is 0 Å². The fourth-order valence-electron chi connectivity index (χ4n) is 0.853. The molecule has 0 aromatic rings. The molecule has 0 spiro atoms. The molecule has 14 heavy (non-hydrogen) atoms. The van der Waals surface area contributed by atoms with E-state index in [0.29, 0.717) is 6.61 Å². The number of aliphatic hydroxyl groups excluding tert-OH is 1. The molecule has 0 heterocycles. The number of ether oxygens (including phenoxy) is 2. The van der Waals surface area contributed by atoms with E-state index in [4.69, 9.17) is 9.84 Å². The van der Waals surface area contributed by atoms with E-state index in [0.717, 1.165) is 7.11 Å². The zero-order chi connectivity index (χ0) is 11.0. The minimum atomic E-state index is -0.936. The van der Waals surface area contributed by atoms with E-state index in [2.05, 4.69) is 4.74 Å². The van der Waals surface area contributed by atoms with E-state index in [1.54, 1.807) is 0 Å². The summed E-state index contributed by atoms with van der Waals surface area (Å²) in [4.78, 5) is 23.3. The fraction of sp³-hybridized carbons (Fsp3) is 0.750. The number of methoxy groups -OCH3 is 2. The lowest BCUT2D eigenvalue weighted by atomic mass is 10.4. The third-order valence-corrected chi connectivity index (χ3v) is 1.58. The fourth-order valence-corrected chi connectivity index (χ4v) is 0.853. The Kier molecular flexibility index (Phi) is 6.69. The van der Waals surface area contributed by atoms with Crippen molar-refractivity contribution in [3.05, 3.63) is 0 Å². The monoisotopic (exact) mass is 205 g/mol. The second-order valence-corrected chi connectivity index (χ2v) is 2.50. The molecule has 0 aliphatic heterocycles. The molecule has 0 aliphatic rings. The summed E-state index contributed by atoms with van der Waals surface area (Å²) in [6, 6.07) is 0. The SMILES string of the molecule is COCCN(CCO)C(=O)C(=O)OC. The van der Waals surface area contributed by atoms with Crippen LogP contribution in [0, 0.1) is 0 Å². The van der Waals surface area contributed by atoms with E-state index in [-0.39, 0.29) is 19.7 Å². The van der Waals surface area contributed by atoms with Gasteiger partial charge in [0.05, 0.1) is 20.3 Å². The molecule has 0 aliphatic carbocycles. The summed E-state index contributed by atoms with van der Waals surface area (Å²) in [5.41, 5.74) is 0. The predicted molar refractivity (Wildman–Crippen MR) is 47.6 cm³/mol. The maximum atomic E-state index is 11.3. The Bertz CT molecular complexity index is 194. The Morgan fingerprint density at radius 3 is 2.36 bits per heavy atom. The highest BCUT2D eigenvalue weighted by Gasteiger charge is 2.21. The molecule has 0 saturated heterocycles. The van der Waals surface area contributed by atoms with Crippen LogP contribution in [0.5, 0.6) is 0 Å². The number of nitrogens with zero attached hydrogens (tertiary/aromatic N) is 1. The molecule has 0 aromatic carbocycles. The summed E-state index contributed by atoms with van der Waals surface area (Å²) in [5.74, 6) is -1.70. The number of hydrogen-bond acceptors (Lipinski definition) is 5. The molecule has 1 amide bonds. The normalized spacial score (nSPS) is 9.64. The van der Waals surface area contributed by atoms with Crippen LogP contribution < -0.4 is 0 Å². The Labute approximate surface area is 82.4 Å². The second kappa shape index (κ2) is 7.28. The number of rotatable bonds is 5. The van der Waals surface area contributed by atoms with Gasteiger partial charge in [0.25, 0.3) is 0 Å². The van der Waals surface area contributed by atoms with Gasteiger partial charge in [-0.2, -0.15) is 0 Å². The summed E-state index contributed by atoms with van der Waals surface area (Å²) >= 11 is 0. The zero-order valence-electron chi connectivity index (χ0n) is 8.36. The summed E-state index contributed by atoms with van der Waals surface area (Å²) in [5, 5.41) is 8.65. The molecule has 0 aromatic heterocycles. The molecule has 0 unspecified atom stereocenters. The molecule has 1 N–H and O–H groups in total. The number of aliphatic hydroxyl groups is 1. The Morgan fingerprint density at radius 1 is 1.29 bits per heavy atom. The number of carbonyl (C=O) groups is 2. The van der Waals surface area contributed by atoms with Crippen LogP contribution in [-0.4, -0.2) is 62.4 Å². The maximum Gasteiger partial charge on any atom is 0.396 e. The summed E-state index contributed by atoms with van der Waals surface area (Å²) < 4.78 is 9.02. The van der Waals surface area contributed by atoms with E-state index in [9.17, 15) is 9.59 Å². The van der Waals surface area contributed by atoms with E-state index in [1.807, 2.05) is 0 Å². The van der Waals surface area contributed by atoms with Crippen LogP contribution in [0.4, 0.5) is 0 Å². The molecular weight excluding hydrogens is 190 g/mol. The van der Waals surface area contributed by atoms with Crippen molar-refractivity contribution in [2.45, 2.75) is 0 Å². The number of carbonyl (C=O) groups excluding carboxylic acids is 2. The van der Waals surface area contributed by atoms with Gasteiger partial charge in [-0.15, -0.1) is 0 Å². The Morgan fingerprint density at radius 2 is 1.93 bits per heavy atom. The number of esters is 1. The minimum absolute atomic E-state index is 0.0945. The minimum Gasteiger partial charge on any atom is -0.462 e. The van der Waals surface area contributed by atoms with E-state index < -0.39 is 11.9 Å². The van der Waals surface area contributed by atoms with Crippen molar-refractivity contribution in [3.8, 4) is 0 Å². The van der Waals surface area contributed by atoms with Crippen molar-refractivity contribution >= 4 is 11.9 Å². The van der Waals surface area contributed by atoms with E-state index in [1.165, 1.54) is 12.0 Å². The van der Waals surface area contributed by atoms with Crippen molar-refractivity contribution in [2.75, 3.05) is 40.5 Å². The molecular formula is C8H15NO5. The number of amides is 1. The first kappa shape index (κ1) is 12.9. The van der Waals surface area contributed by atoms with Gasteiger partial charge in [0, 0.05) is 20.2 Å². The van der Waals surface area contributed by atoms with Crippen molar-refractivity contribution in [1.29, 1.82) is 0 Å². The van der Waals surface area contributed by atoms with Gasteiger partial charge in [0.1, 0.15) is 0 Å². The largest absolute Gasteiger partial charge is 0.462 e. The smallest absolute Gasteiger partial charge is 0.396 e. The summed E-state index contributed by atoms with van der Waals surface area (Å²) in [6.45, 7) is 0.456. The zero-order valence-corrected chi connectivity index (χ0v) is 8.36. The molecule has 0 saturated carbocycles. The van der Waals surface area contributed by atoms with Crippen LogP contribution in [0.2, 0.25) is 0 Å². The van der Waals surface area contributed by atoms with Crippen molar-refractivity contribution < 1.29 is 24.2 Å². The Balaban J connectivity index is 4.17. The van der Waals surface area contributed by atoms with Gasteiger partial charge in [-0.1, -0.05) is 0 Å². The molecule has 0 radical (unpaired) electrons. The third-order valence-electron chi connectivity index (χ3n) is 1.58. The summed E-state index contributed by atoms with van der Waals surface area (Å²) in [7, 11) is 2.62. The third kappa shape index (κ3) is 4.20. The first-order chi connectivity index (χ1) is 6.67. The Hall–Kier alpha value is -1.14. The van der Waals surface area contributed by atoms with Gasteiger partial charge in [0.2, 0.25) is 0 Å². The van der Waals surface area contributed by atoms with Crippen LogP contribution in [0.3, 0.4) is 0 Å². The molecule has 0 fully saturated rings. The lowest BCUT2D eigenvalue weighted by Crippen LogP contribution is -2.40. The van der Waals surface area contributed by atoms with E-state index >= 15 is 0 Å². The maximum absolute atomic E-state index is 11.3. The molecule has 6 heteroatoms. The number of hydrogen-bond donors (Lipinski definition) is 1. The van der Waals surface area contributed by atoms with Crippen molar-refractivity contribution in [1.82, 2.24) is 4.90 Å². The quantitative estimate of drug-likeness (QED) is 0.442. The highest BCUT2D eigenvalue weighted by atomic mass is 16.5. The highest BCUT2D eigenvalue weighted by Crippen LogP contribution is 1.92. The molecule has 82 valence electrons. The molecule has 0 rings (SSSR count). The van der Waals surface area contributed by atoms with Gasteiger partial charge in [-0.3, -0.25) is 4.79 Å². The topological polar surface area (TPSA) is 76.1 Å². The second-order valence-electron chi connectivity index (χ2n) is 2.50. The van der Waals surface area contributed by atoms with Gasteiger partial charge in [-0.05, 0) is 0 Å². The lowest BCUT2D eigenvalue weighted by Gasteiger charge is -2.19. The van der Waals surface area contributed by atoms with Crippen LogP contribution in [0.1, 0.15) is 0 Å². The van der Waals surface area contributed by atoms with Gasteiger partial charge in [0.15, 0.2) is 0 Å². The first-order valence-corrected chi connectivity index (χ1v) is 4.14. The standard InChI is InChI=1S/C8H15NO5/c1-13-6-4-9(3-5-10)7(11)8(12)14-2/h10H,3-6H2,1-2H3. The lowest BCUT2D eigenvalue weighted by molar-refractivity contribution is -0.158. The average molecular weight is 205 g/mol. The van der Waals surface area contributed by atoms with Gasteiger partial charge < -0.3 is 19.5 Å². The first-order valence-electron chi connectivity index (χ1n) is 4.14.